The third-order valence-electron chi connectivity index (χ3n) is 3.56. The molecule has 3 N–H and O–H groups in total. The van der Waals surface area contributed by atoms with Gasteiger partial charge in [0, 0.05) is 16.7 Å². The number of nitrogens with two attached hydrogens (primary N) is 1. The van der Waals surface area contributed by atoms with Gasteiger partial charge in [-0.25, -0.2) is 18.1 Å². The van der Waals surface area contributed by atoms with Crippen molar-refractivity contribution >= 4 is 31.8 Å². The van der Waals surface area contributed by atoms with Crippen molar-refractivity contribution in [2.24, 2.45) is 5.92 Å². The molecule has 2 rings (SSSR count). The molecule has 0 spiro atoms. The highest BCUT2D eigenvalue weighted by molar-refractivity contribution is 9.10. The maximum absolute atomic E-state index is 12.4. The maximum Gasteiger partial charge on any atom is 0.244 e. The second-order valence-electron chi connectivity index (χ2n) is 5.03. The molecule has 1 aromatic rings. The predicted molar refractivity (Wildman–Crippen MR) is 78.1 cm³/mol. The van der Waals surface area contributed by atoms with Crippen molar-refractivity contribution in [3.05, 3.63) is 16.7 Å². The van der Waals surface area contributed by atoms with Crippen LogP contribution in [0, 0.1) is 5.92 Å². The maximum atomic E-state index is 12.4. The number of aromatic nitrogens is 1. The zero-order chi connectivity index (χ0) is 14.0. The monoisotopic (exact) mass is 347 g/mol. The first-order chi connectivity index (χ1) is 8.90. The summed E-state index contributed by atoms with van der Waals surface area (Å²) < 4.78 is 28.1. The second kappa shape index (κ2) is 5.76. The molecule has 1 fully saturated rings. The smallest absolute Gasteiger partial charge is 0.244 e. The fourth-order valence-corrected chi connectivity index (χ4v) is 4.37. The van der Waals surface area contributed by atoms with E-state index in [2.05, 4.69) is 32.6 Å². The van der Waals surface area contributed by atoms with Crippen LogP contribution in [0.25, 0.3) is 0 Å². The molecule has 2 unspecified atom stereocenters. The van der Waals surface area contributed by atoms with Gasteiger partial charge in [0.25, 0.3) is 0 Å². The lowest BCUT2D eigenvalue weighted by Crippen LogP contribution is -2.41. The highest BCUT2D eigenvalue weighted by Gasteiger charge is 2.28. The van der Waals surface area contributed by atoms with E-state index in [1.54, 1.807) is 0 Å². The lowest BCUT2D eigenvalue weighted by atomic mass is 9.87. The third-order valence-corrected chi connectivity index (χ3v) is 5.51. The van der Waals surface area contributed by atoms with Gasteiger partial charge in [-0.15, -0.1) is 0 Å². The molecule has 0 aliphatic heterocycles. The number of pyridine rings is 1. The van der Waals surface area contributed by atoms with Crippen molar-refractivity contribution in [3.8, 4) is 0 Å². The molecule has 2 atom stereocenters. The van der Waals surface area contributed by atoms with E-state index in [0.717, 1.165) is 19.3 Å². The highest BCUT2D eigenvalue weighted by Crippen LogP contribution is 2.27. The van der Waals surface area contributed by atoms with Crippen LogP contribution in [0.2, 0.25) is 0 Å². The van der Waals surface area contributed by atoms with Crippen LogP contribution in [0.15, 0.2) is 21.6 Å². The molecule has 19 heavy (non-hydrogen) atoms. The molecule has 0 radical (unpaired) electrons. The van der Waals surface area contributed by atoms with Gasteiger partial charge in [-0.3, -0.25) is 0 Å². The Morgan fingerprint density at radius 2 is 2.11 bits per heavy atom. The van der Waals surface area contributed by atoms with Gasteiger partial charge >= 0.3 is 0 Å². The molecule has 1 heterocycles. The minimum atomic E-state index is -3.61. The van der Waals surface area contributed by atoms with Crippen LogP contribution in [-0.4, -0.2) is 19.4 Å². The molecule has 106 valence electrons. The van der Waals surface area contributed by atoms with E-state index in [9.17, 15) is 8.42 Å². The molecule has 0 aromatic carbocycles. The number of rotatable bonds is 3. The summed E-state index contributed by atoms with van der Waals surface area (Å²) in [6, 6.07) is 1.47. The van der Waals surface area contributed by atoms with Crippen LogP contribution in [-0.2, 0) is 10.0 Å². The van der Waals surface area contributed by atoms with Crippen molar-refractivity contribution in [3.63, 3.8) is 0 Å². The van der Waals surface area contributed by atoms with Crippen molar-refractivity contribution in [1.82, 2.24) is 9.71 Å². The molecule has 1 aromatic heterocycles. The van der Waals surface area contributed by atoms with Crippen LogP contribution in [0.4, 0.5) is 5.82 Å². The zero-order valence-electron chi connectivity index (χ0n) is 10.8. The molecular weight excluding hydrogens is 330 g/mol. The van der Waals surface area contributed by atoms with E-state index in [4.69, 9.17) is 5.73 Å². The van der Waals surface area contributed by atoms with Crippen LogP contribution in [0.3, 0.4) is 0 Å². The Labute approximate surface area is 122 Å². The largest absolute Gasteiger partial charge is 0.383 e. The first kappa shape index (κ1) is 14.7. The first-order valence-corrected chi connectivity index (χ1v) is 8.61. The molecule has 0 bridgehead atoms. The normalized spacial score (nSPS) is 24.3. The van der Waals surface area contributed by atoms with Gasteiger partial charge in [0.15, 0.2) is 0 Å². The quantitative estimate of drug-likeness (QED) is 0.878. The average molecular weight is 348 g/mol. The minimum absolute atomic E-state index is 0.0165. The SMILES string of the molecule is CC1CCCCC1NS(=O)(=O)c1cc(Br)cnc1N. The lowest BCUT2D eigenvalue weighted by molar-refractivity contribution is 0.310. The lowest BCUT2D eigenvalue weighted by Gasteiger charge is -2.29. The predicted octanol–water partition coefficient (Wildman–Crippen LogP) is 2.28. The molecule has 0 amide bonds. The van der Waals surface area contributed by atoms with Crippen molar-refractivity contribution < 1.29 is 8.42 Å². The van der Waals surface area contributed by atoms with Gasteiger partial charge in [0.2, 0.25) is 10.0 Å². The first-order valence-electron chi connectivity index (χ1n) is 6.33. The number of sulfonamides is 1. The summed E-state index contributed by atoms with van der Waals surface area (Å²) in [5.41, 5.74) is 5.66. The van der Waals surface area contributed by atoms with E-state index in [-0.39, 0.29) is 16.8 Å². The van der Waals surface area contributed by atoms with Crippen LogP contribution in [0.1, 0.15) is 32.6 Å². The van der Waals surface area contributed by atoms with Crippen molar-refractivity contribution in [2.45, 2.75) is 43.5 Å². The van der Waals surface area contributed by atoms with Crippen LogP contribution >= 0.6 is 15.9 Å². The fraction of sp³-hybridized carbons (Fsp3) is 0.583. The van der Waals surface area contributed by atoms with Gasteiger partial charge < -0.3 is 5.73 Å². The fourth-order valence-electron chi connectivity index (χ4n) is 2.40. The van der Waals surface area contributed by atoms with E-state index >= 15 is 0 Å². The summed E-state index contributed by atoms with van der Waals surface area (Å²) >= 11 is 3.22. The minimum Gasteiger partial charge on any atom is -0.383 e. The Hall–Kier alpha value is -0.660. The third kappa shape index (κ3) is 3.46. The molecule has 1 aliphatic rings. The number of nitrogen functional groups attached to an aromatic ring is 1. The Balaban J connectivity index is 2.24. The molecular formula is C12H18BrN3O2S. The number of nitrogens with zero attached hydrogens (tertiary/aromatic N) is 1. The number of nitrogens with one attached hydrogen (secondary N) is 1. The number of hydrogen-bond acceptors (Lipinski definition) is 4. The summed E-state index contributed by atoms with van der Waals surface area (Å²) in [6.45, 7) is 2.08. The van der Waals surface area contributed by atoms with Crippen LogP contribution in [0.5, 0.6) is 0 Å². The van der Waals surface area contributed by atoms with Gasteiger partial charge in [-0.1, -0.05) is 19.8 Å². The molecule has 1 saturated carbocycles. The topological polar surface area (TPSA) is 85.1 Å². The molecule has 0 saturated heterocycles. The van der Waals surface area contributed by atoms with Crippen molar-refractivity contribution in [2.75, 3.05) is 5.73 Å². The van der Waals surface area contributed by atoms with E-state index < -0.39 is 10.0 Å². The standard InChI is InChI=1S/C12H18BrN3O2S/c1-8-4-2-3-5-10(8)16-19(17,18)11-6-9(13)7-15-12(11)14/h6-8,10,16H,2-5H2,1H3,(H2,14,15). The van der Waals surface area contributed by atoms with E-state index in [0.29, 0.717) is 10.4 Å². The van der Waals surface area contributed by atoms with Gasteiger partial charge in [0.05, 0.1) is 0 Å². The zero-order valence-corrected chi connectivity index (χ0v) is 13.2. The van der Waals surface area contributed by atoms with E-state index in [1.165, 1.54) is 18.7 Å². The summed E-state index contributed by atoms with van der Waals surface area (Å²) in [4.78, 5) is 3.91. The Kier molecular flexibility index (Phi) is 4.47. The molecule has 7 heteroatoms. The molecule has 5 nitrogen and oxygen atoms in total. The number of halogens is 1. The highest BCUT2D eigenvalue weighted by atomic mass is 79.9. The van der Waals surface area contributed by atoms with Crippen molar-refractivity contribution in [1.29, 1.82) is 0 Å². The van der Waals surface area contributed by atoms with Gasteiger partial charge in [-0.05, 0) is 40.8 Å². The summed E-state index contributed by atoms with van der Waals surface area (Å²) in [5, 5.41) is 0. The molecule has 1 aliphatic carbocycles. The Bertz CT molecular complexity index is 562. The summed E-state index contributed by atoms with van der Waals surface area (Å²) in [5.74, 6) is 0.379. The van der Waals surface area contributed by atoms with Gasteiger partial charge in [0.1, 0.15) is 10.7 Å². The summed E-state index contributed by atoms with van der Waals surface area (Å²) in [7, 11) is -3.61. The Morgan fingerprint density at radius 1 is 1.42 bits per heavy atom. The number of anilines is 1. The van der Waals surface area contributed by atoms with Crippen LogP contribution < -0.4 is 10.5 Å². The van der Waals surface area contributed by atoms with Gasteiger partial charge in [-0.2, -0.15) is 0 Å². The van der Waals surface area contributed by atoms with E-state index in [1.807, 2.05) is 0 Å². The number of hydrogen-bond donors (Lipinski definition) is 2. The Morgan fingerprint density at radius 3 is 2.79 bits per heavy atom. The second-order valence-corrected chi connectivity index (χ2v) is 7.62. The average Bonchev–Trinajstić information content (AvgIpc) is 2.35. The summed E-state index contributed by atoms with van der Waals surface area (Å²) in [6.07, 6.45) is 5.64.